The highest BCUT2D eigenvalue weighted by atomic mass is 16.5. The lowest BCUT2D eigenvalue weighted by Crippen LogP contribution is -2.49. The molecule has 1 atom stereocenters. The third-order valence-electron chi connectivity index (χ3n) is 4.40. The SMILES string of the molecule is C=CC1=C(/C=C\C)OCC(CCCCC)C(N2CCNCC2)=N1. The van der Waals surface area contributed by atoms with Gasteiger partial charge in [0.15, 0.2) is 0 Å². The Kier molecular flexibility index (Phi) is 7.40. The smallest absolute Gasteiger partial charge is 0.144 e. The van der Waals surface area contributed by atoms with Gasteiger partial charge in [0, 0.05) is 26.2 Å². The fourth-order valence-electron chi connectivity index (χ4n) is 3.12. The number of amidine groups is 1. The molecule has 0 radical (unpaired) electrons. The minimum Gasteiger partial charge on any atom is -0.491 e. The largest absolute Gasteiger partial charge is 0.491 e. The third kappa shape index (κ3) is 4.96. The molecule has 4 nitrogen and oxygen atoms in total. The standard InChI is InChI=1S/C19H31N3O/c1-4-7-8-10-16-15-23-18(9-5-2)17(6-3)21-19(16)22-13-11-20-12-14-22/h5-6,9,16,20H,3-4,7-8,10-15H2,1-2H3/b9-5-. The van der Waals surface area contributed by atoms with E-state index in [1.165, 1.54) is 25.1 Å². The van der Waals surface area contributed by atoms with Gasteiger partial charge >= 0.3 is 0 Å². The summed E-state index contributed by atoms with van der Waals surface area (Å²) >= 11 is 0. The molecule has 0 spiro atoms. The van der Waals surface area contributed by atoms with Gasteiger partial charge in [-0.15, -0.1) is 0 Å². The van der Waals surface area contributed by atoms with E-state index in [1.54, 1.807) is 0 Å². The summed E-state index contributed by atoms with van der Waals surface area (Å²) in [7, 11) is 0. The molecular formula is C19H31N3O. The van der Waals surface area contributed by atoms with Crippen LogP contribution in [0, 0.1) is 5.92 Å². The normalized spacial score (nSPS) is 22.8. The highest BCUT2D eigenvalue weighted by Gasteiger charge is 2.26. The summed E-state index contributed by atoms with van der Waals surface area (Å²) in [4.78, 5) is 7.41. The maximum absolute atomic E-state index is 6.08. The van der Waals surface area contributed by atoms with Gasteiger partial charge in [-0.25, -0.2) is 4.99 Å². The molecular weight excluding hydrogens is 286 g/mol. The molecule has 2 aliphatic rings. The molecule has 0 aromatic carbocycles. The van der Waals surface area contributed by atoms with Crippen LogP contribution in [-0.2, 0) is 4.74 Å². The number of rotatable bonds is 6. The molecule has 128 valence electrons. The van der Waals surface area contributed by atoms with Crippen LogP contribution < -0.4 is 5.32 Å². The molecule has 2 aliphatic heterocycles. The van der Waals surface area contributed by atoms with Gasteiger partial charge in [0.2, 0.25) is 0 Å². The van der Waals surface area contributed by atoms with E-state index in [2.05, 4.69) is 23.7 Å². The molecule has 2 rings (SSSR count). The van der Waals surface area contributed by atoms with Gasteiger partial charge in [-0.2, -0.15) is 0 Å². The molecule has 0 aromatic rings. The van der Waals surface area contributed by atoms with Crippen LogP contribution in [0.5, 0.6) is 0 Å². The molecule has 0 aromatic heterocycles. The van der Waals surface area contributed by atoms with Crippen LogP contribution in [0.15, 0.2) is 41.3 Å². The molecule has 2 heterocycles. The van der Waals surface area contributed by atoms with Crippen molar-refractivity contribution >= 4 is 5.84 Å². The zero-order valence-corrected chi connectivity index (χ0v) is 14.7. The van der Waals surface area contributed by atoms with E-state index in [9.17, 15) is 0 Å². The summed E-state index contributed by atoms with van der Waals surface area (Å²) in [5.74, 6) is 2.41. The zero-order chi connectivity index (χ0) is 16.5. The van der Waals surface area contributed by atoms with Crippen LogP contribution in [0.1, 0.15) is 39.5 Å². The number of allylic oxidation sites excluding steroid dienone is 3. The maximum atomic E-state index is 6.08. The Labute approximate surface area is 141 Å². The number of piperazine rings is 1. The molecule has 23 heavy (non-hydrogen) atoms. The molecule has 0 bridgehead atoms. The monoisotopic (exact) mass is 317 g/mol. The molecule has 0 amide bonds. The van der Waals surface area contributed by atoms with Crippen molar-refractivity contribution in [3.63, 3.8) is 0 Å². The van der Waals surface area contributed by atoms with Crippen molar-refractivity contribution in [1.29, 1.82) is 0 Å². The predicted octanol–water partition coefficient (Wildman–Crippen LogP) is 3.49. The van der Waals surface area contributed by atoms with Crippen LogP contribution in [0.4, 0.5) is 0 Å². The summed E-state index contributed by atoms with van der Waals surface area (Å²) in [6.45, 7) is 13.0. The van der Waals surface area contributed by atoms with Crippen LogP contribution in [0.25, 0.3) is 0 Å². The summed E-state index contributed by atoms with van der Waals surface area (Å²) in [5.41, 5.74) is 0.856. The van der Waals surface area contributed by atoms with E-state index in [4.69, 9.17) is 9.73 Å². The predicted molar refractivity (Wildman–Crippen MR) is 97.5 cm³/mol. The van der Waals surface area contributed by atoms with Crippen molar-refractivity contribution in [3.05, 3.63) is 36.3 Å². The topological polar surface area (TPSA) is 36.9 Å². The number of unbranched alkanes of at least 4 members (excludes halogenated alkanes) is 2. The lowest BCUT2D eigenvalue weighted by Gasteiger charge is -2.33. The van der Waals surface area contributed by atoms with Crippen molar-refractivity contribution in [3.8, 4) is 0 Å². The van der Waals surface area contributed by atoms with Gasteiger partial charge in [0.25, 0.3) is 0 Å². The first kappa shape index (κ1) is 17.8. The second kappa shape index (κ2) is 9.56. The van der Waals surface area contributed by atoms with Crippen LogP contribution in [0.2, 0.25) is 0 Å². The second-order valence-corrected chi connectivity index (χ2v) is 6.16. The Morgan fingerprint density at radius 1 is 1.35 bits per heavy atom. The van der Waals surface area contributed by atoms with Crippen molar-refractivity contribution in [2.75, 3.05) is 32.8 Å². The molecule has 0 aliphatic carbocycles. The fraction of sp³-hybridized carbons (Fsp3) is 0.632. The van der Waals surface area contributed by atoms with Crippen LogP contribution in [-0.4, -0.2) is 43.5 Å². The lowest BCUT2D eigenvalue weighted by atomic mass is 9.99. The number of nitrogens with one attached hydrogen (secondary N) is 1. The molecule has 1 unspecified atom stereocenters. The average Bonchev–Trinajstić information content (AvgIpc) is 2.76. The van der Waals surface area contributed by atoms with Crippen molar-refractivity contribution in [2.24, 2.45) is 10.9 Å². The van der Waals surface area contributed by atoms with E-state index >= 15 is 0 Å². The number of hydrogen-bond acceptors (Lipinski definition) is 4. The highest BCUT2D eigenvalue weighted by molar-refractivity contribution is 5.86. The van der Waals surface area contributed by atoms with E-state index in [-0.39, 0.29) is 0 Å². The first-order valence-electron chi connectivity index (χ1n) is 8.96. The van der Waals surface area contributed by atoms with Crippen LogP contribution >= 0.6 is 0 Å². The fourth-order valence-corrected chi connectivity index (χ4v) is 3.12. The van der Waals surface area contributed by atoms with Gasteiger partial charge in [-0.3, -0.25) is 0 Å². The summed E-state index contributed by atoms with van der Waals surface area (Å²) in [5, 5.41) is 3.42. The lowest BCUT2D eigenvalue weighted by molar-refractivity contribution is 0.188. The Morgan fingerprint density at radius 3 is 2.78 bits per heavy atom. The van der Waals surface area contributed by atoms with E-state index in [0.717, 1.165) is 44.1 Å². The molecule has 1 N–H and O–H groups in total. The van der Waals surface area contributed by atoms with Gasteiger partial charge < -0.3 is 15.0 Å². The molecule has 1 saturated heterocycles. The zero-order valence-electron chi connectivity index (χ0n) is 14.7. The third-order valence-corrected chi connectivity index (χ3v) is 4.40. The van der Waals surface area contributed by atoms with Gasteiger partial charge in [-0.05, 0) is 25.5 Å². The Balaban J connectivity index is 2.25. The van der Waals surface area contributed by atoms with Gasteiger partial charge in [0.05, 0.1) is 12.5 Å². The van der Waals surface area contributed by atoms with E-state index in [1.807, 2.05) is 25.2 Å². The van der Waals surface area contributed by atoms with Gasteiger partial charge in [0.1, 0.15) is 17.3 Å². The number of ether oxygens (including phenoxy) is 1. The molecule has 1 fully saturated rings. The van der Waals surface area contributed by atoms with E-state index < -0.39 is 0 Å². The molecule has 4 heteroatoms. The van der Waals surface area contributed by atoms with Crippen LogP contribution in [0.3, 0.4) is 0 Å². The number of nitrogens with zero attached hydrogens (tertiary/aromatic N) is 2. The van der Waals surface area contributed by atoms with E-state index in [0.29, 0.717) is 12.5 Å². The van der Waals surface area contributed by atoms with Gasteiger partial charge in [-0.1, -0.05) is 38.8 Å². The first-order valence-corrected chi connectivity index (χ1v) is 8.96. The van der Waals surface area contributed by atoms with Crippen molar-refractivity contribution in [1.82, 2.24) is 10.2 Å². The van der Waals surface area contributed by atoms with Crippen molar-refractivity contribution in [2.45, 2.75) is 39.5 Å². The summed E-state index contributed by atoms with van der Waals surface area (Å²) in [6, 6.07) is 0. The quantitative estimate of drug-likeness (QED) is 0.762. The first-order chi connectivity index (χ1) is 11.3. The number of aliphatic imine (C=N–C) groups is 1. The second-order valence-electron chi connectivity index (χ2n) is 6.16. The summed E-state index contributed by atoms with van der Waals surface area (Å²) in [6.07, 6.45) is 10.7. The Morgan fingerprint density at radius 2 is 2.13 bits per heavy atom. The highest BCUT2D eigenvalue weighted by Crippen LogP contribution is 2.24. The minimum atomic E-state index is 0.373. The number of hydrogen-bond donors (Lipinski definition) is 1. The Bertz CT molecular complexity index is 473. The maximum Gasteiger partial charge on any atom is 0.144 e. The summed E-state index contributed by atoms with van der Waals surface area (Å²) < 4.78 is 6.08. The average molecular weight is 317 g/mol. The minimum absolute atomic E-state index is 0.373. The Hall–Kier alpha value is -1.55. The molecule has 0 saturated carbocycles. The van der Waals surface area contributed by atoms with Crippen molar-refractivity contribution < 1.29 is 4.74 Å².